The summed E-state index contributed by atoms with van der Waals surface area (Å²) in [7, 11) is 1.75. The van der Waals surface area contributed by atoms with Gasteiger partial charge in [0.1, 0.15) is 0 Å². The van der Waals surface area contributed by atoms with Gasteiger partial charge in [-0.25, -0.2) is 0 Å². The number of methoxy groups -OCH3 is 1. The lowest BCUT2D eigenvalue weighted by Crippen LogP contribution is -2.42. The molecule has 2 saturated heterocycles. The Morgan fingerprint density at radius 1 is 1.32 bits per heavy atom. The summed E-state index contributed by atoms with van der Waals surface area (Å²) in [6.45, 7) is 3.74. The van der Waals surface area contributed by atoms with Crippen LogP contribution in [-0.2, 0) is 9.53 Å². The molecule has 2 rings (SSSR count). The van der Waals surface area contributed by atoms with E-state index in [1.54, 1.807) is 7.11 Å². The van der Waals surface area contributed by atoms with E-state index < -0.39 is 0 Å². The van der Waals surface area contributed by atoms with Crippen LogP contribution in [0.3, 0.4) is 0 Å². The maximum Gasteiger partial charge on any atom is 0.222 e. The molecule has 1 amide bonds. The minimum Gasteiger partial charge on any atom is -0.384 e. The van der Waals surface area contributed by atoms with E-state index in [2.05, 4.69) is 10.2 Å². The summed E-state index contributed by atoms with van der Waals surface area (Å²) >= 11 is 0. The normalized spacial score (nSPS) is 28.4. The minimum absolute atomic E-state index is 0.341. The third-order valence-electron chi connectivity index (χ3n) is 4.39. The second-order valence-corrected chi connectivity index (χ2v) is 5.99. The van der Waals surface area contributed by atoms with Crippen LogP contribution in [0, 0.1) is 5.92 Å². The van der Waals surface area contributed by atoms with Crippen LogP contribution in [0.25, 0.3) is 0 Å². The highest BCUT2D eigenvalue weighted by Gasteiger charge is 2.24. The van der Waals surface area contributed by atoms with Gasteiger partial charge in [0.25, 0.3) is 0 Å². The zero-order chi connectivity index (χ0) is 13.5. The number of hydrogen-bond donors (Lipinski definition) is 1. The molecule has 0 radical (unpaired) electrons. The fourth-order valence-electron chi connectivity index (χ4n) is 3.29. The van der Waals surface area contributed by atoms with Crippen LogP contribution < -0.4 is 5.32 Å². The molecule has 0 aromatic rings. The lowest BCUT2D eigenvalue weighted by molar-refractivity contribution is -0.133. The Labute approximate surface area is 116 Å². The van der Waals surface area contributed by atoms with Crippen LogP contribution >= 0.6 is 0 Å². The van der Waals surface area contributed by atoms with Gasteiger partial charge in [-0.15, -0.1) is 0 Å². The molecule has 2 unspecified atom stereocenters. The molecule has 0 aromatic heterocycles. The maximum atomic E-state index is 12.2. The van der Waals surface area contributed by atoms with E-state index in [-0.39, 0.29) is 0 Å². The minimum atomic E-state index is 0.341. The predicted octanol–water partition coefficient (Wildman–Crippen LogP) is 1.79. The molecule has 0 aromatic carbocycles. The average molecular weight is 268 g/mol. The van der Waals surface area contributed by atoms with Crippen molar-refractivity contribution in [1.82, 2.24) is 10.2 Å². The Morgan fingerprint density at radius 3 is 2.95 bits per heavy atom. The summed E-state index contributed by atoms with van der Waals surface area (Å²) in [5.41, 5.74) is 0. The first-order valence-corrected chi connectivity index (χ1v) is 7.79. The lowest BCUT2D eigenvalue weighted by atomic mass is 9.97. The third kappa shape index (κ3) is 4.77. The molecule has 19 heavy (non-hydrogen) atoms. The smallest absolute Gasteiger partial charge is 0.222 e. The molecule has 0 saturated carbocycles. The third-order valence-corrected chi connectivity index (χ3v) is 4.39. The van der Waals surface area contributed by atoms with E-state index in [4.69, 9.17) is 4.74 Å². The Hall–Kier alpha value is -0.610. The standard InChI is InChI=1S/C15H28N2O2/c1-19-12-13-5-4-10-17(11-13)15(18)8-7-14-6-2-3-9-16-14/h13-14,16H,2-12H2,1H3. The van der Waals surface area contributed by atoms with Gasteiger partial charge in [0.15, 0.2) is 0 Å². The first-order valence-electron chi connectivity index (χ1n) is 7.79. The van der Waals surface area contributed by atoms with Gasteiger partial charge in [-0.1, -0.05) is 6.42 Å². The van der Waals surface area contributed by atoms with Crippen molar-refractivity contribution >= 4 is 5.91 Å². The summed E-state index contributed by atoms with van der Waals surface area (Å²) in [5.74, 6) is 0.878. The van der Waals surface area contributed by atoms with Crippen LogP contribution in [0.5, 0.6) is 0 Å². The van der Waals surface area contributed by atoms with E-state index in [1.165, 1.54) is 25.7 Å². The molecule has 2 aliphatic rings. The second-order valence-electron chi connectivity index (χ2n) is 5.99. The van der Waals surface area contributed by atoms with E-state index in [1.807, 2.05) is 0 Å². The van der Waals surface area contributed by atoms with Gasteiger partial charge in [-0.3, -0.25) is 4.79 Å². The maximum absolute atomic E-state index is 12.2. The van der Waals surface area contributed by atoms with Crippen molar-refractivity contribution in [3.8, 4) is 0 Å². The first-order chi connectivity index (χ1) is 9.29. The van der Waals surface area contributed by atoms with Gasteiger partial charge in [-0.2, -0.15) is 0 Å². The number of hydrogen-bond acceptors (Lipinski definition) is 3. The summed E-state index contributed by atoms with van der Waals surface area (Å²) in [6, 6.07) is 0.567. The highest BCUT2D eigenvalue weighted by molar-refractivity contribution is 5.76. The molecular weight excluding hydrogens is 240 g/mol. The van der Waals surface area contributed by atoms with E-state index in [0.29, 0.717) is 24.3 Å². The molecule has 0 bridgehead atoms. The Balaban J connectivity index is 1.69. The van der Waals surface area contributed by atoms with E-state index in [9.17, 15) is 4.79 Å². The summed E-state index contributed by atoms with van der Waals surface area (Å²) in [5, 5.41) is 3.52. The number of nitrogens with one attached hydrogen (secondary N) is 1. The van der Waals surface area contributed by atoms with Gasteiger partial charge >= 0.3 is 0 Å². The van der Waals surface area contributed by atoms with Crippen molar-refractivity contribution in [2.24, 2.45) is 5.92 Å². The molecule has 110 valence electrons. The number of carbonyl (C=O) groups excluding carboxylic acids is 1. The van der Waals surface area contributed by atoms with Gasteiger partial charge in [0.05, 0.1) is 6.61 Å². The summed E-state index contributed by atoms with van der Waals surface area (Å²) < 4.78 is 5.22. The number of rotatable bonds is 5. The van der Waals surface area contributed by atoms with Crippen molar-refractivity contribution < 1.29 is 9.53 Å². The number of piperidine rings is 2. The van der Waals surface area contributed by atoms with Gasteiger partial charge in [-0.05, 0) is 44.6 Å². The topological polar surface area (TPSA) is 41.6 Å². The second kappa shape index (κ2) is 7.85. The number of ether oxygens (including phenoxy) is 1. The van der Waals surface area contributed by atoms with Gasteiger partial charge < -0.3 is 15.0 Å². The Bertz CT molecular complexity index is 275. The van der Waals surface area contributed by atoms with Gasteiger partial charge in [0, 0.05) is 32.7 Å². The number of carbonyl (C=O) groups is 1. The summed E-state index contributed by atoms with van der Waals surface area (Å²) in [4.78, 5) is 14.3. The highest BCUT2D eigenvalue weighted by atomic mass is 16.5. The largest absolute Gasteiger partial charge is 0.384 e. The molecule has 0 spiro atoms. The number of nitrogens with zero attached hydrogens (tertiary/aromatic N) is 1. The molecule has 2 fully saturated rings. The van der Waals surface area contributed by atoms with E-state index >= 15 is 0 Å². The quantitative estimate of drug-likeness (QED) is 0.826. The zero-order valence-electron chi connectivity index (χ0n) is 12.2. The molecule has 1 N–H and O–H groups in total. The van der Waals surface area contributed by atoms with Crippen molar-refractivity contribution in [2.75, 3.05) is 33.4 Å². The van der Waals surface area contributed by atoms with Crippen LogP contribution in [0.4, 0.5) is 0 Å². The molecule has 2 heterocycles. The molecule has 4 heteroatoms. The average Bonchev–Trinajstić information content (AvgIpc) is 2.46. The predicted molar refractivity (Wildman–Crippen MR) is 76.1 cm³/mol. The number of amides is 1. The van der Waals surface area contributed by atoms with Crippen LogP contribution in [0.1, 0.15) is 44.9 Å². The van der Waals surface area contributed by atoms with Gasteiger partial charge in [0.2, 0.25) is 5.91 Å². The Kier molecular flexibility index (Phi) is 6.11. The highest BCUT2D eigenvalue weighted by Crippen LogP contribution is 2.19. The molecule has 2 aliphatic heterocycles. The van der Waals surface area contributed by atoms with Crippen LogP contribution in [0.15, 0.2) is 0 Å². The summed E-state index contributed by atoms with van der Waals surface area (Å²) in [6.07, 6.45) is 7.87. The van der Waals surface area contributed by atoms with Crippen molar-refractivity contribution in [2.45, 2.75) is 51.0 Å². The fraction of sp³-hybridized carbons (Fsp3) is 0.933. The monoisotopic (exact) mass is 268 g/mol. The SMILES string of the molecule is COCC1CCCN(C(=O)CCC2CCCCN2)C1. The molecule has 4 nitrogen and oxygen atoms in total. The van der Waals surface area contributed by atoms with Crippen molar-refractivity contribution in [3.63, 3.8) is 0 Å². The van der Waals surface area contributed by atoms with Crippen LogP contribution in [0.2, 0.25) is 0 Å². The number of likely N-dealkylation sites (tertiary alicyclic amines) is 1. The molecular formula is C15H28N2O2. The lowest BCUT2D eigenvalue weighted by Gasteiger charge is -2.33. The zero-order valence-corrected chi connectivity index (χ0v) is 12.2. The first kappa shape index (κ1) is 14.8. The molecule has 0 aliphatic carbocycles. The van der Waals surface area contributed by atoms with Crippen molar-refractivity contribution in [3.05, 3.63) is 0 Å². The van der Waals surface area contributed by atoms with E-state index in [0.717, 1.165) is 39.1 Å². The Morgan fingerprint density at radius 2 is 2.21 bits per heavy atom. The molecule has 2 atom stereocenters. The van der Waals surface area contributed by atoms with Crippen LogP contribution in [-0.4, -0.2) is 50.2 Å². The fourth-order valence-corrected chi connectivity index (χ4v) is 3.29. The van der Waals surface area contributed by atoms with Crippen molar-refractivity contribution in [1.29, 1.82) is 0 Å².